The molecule has 7 heteroatoms. The summed E-state index contributed by atoms with van der Waals surface area (Å²) in [5.74, 6) is -0.283. The number of aromatic nitrogens is 1. The Morgan fingerprint density at radius 1 is 1.12 bits per heavy atom. The number of nitrogens with zero attached hydrogens (tertiary/aromatic N) is 1. The summed E-state index contributed by atoms with van der Waals surface area (Å²) in [6.07, 6.45) is 0. The molecule has 26 heavy (non-hydrogen) atoms. The molecule has 1 heterocycles. The summed E-state index contributed by atoms with van der Waals surface area (Å²) in [5.41, 5.74) is 2.06. The Balaban J connectivity index is 1.69. The Morgan fingerprint density at radius 3 is 2.46 bits per heavy atom. The number of halogens is 1. The van der Waals surface area contributed by atoms with Crippen molar-refractivity contribution in [1.29, 1.82) is 0 Å². The highest BCUT2D eigenvalue weighted by Crippen LogP contribution is 2.23. The lowest BCUT2D eigenvalue weighted by atomic mass is 10.1. The summed E-state index contributed by atoms with van der Waals surface area (Å²) in [4.78, 5) is 23.8. The van der Waals surface area contributed by atoms with Crippen LogP contribution in [0.4, 0.5) is 5.69 Å². The maximum absolute atomic E-state index is 12.2. The number of ether oxygens (including phenoxy) is 1. The van der Waals surface area contributed by atoms with Gasteiger partial charge in [-0.3, -0.25) is 4.79 Å². The Bertz CT molecular complexity index is 917. The largest absolute Gasteiger partial charge is 0.461 e. The van der Waals surface area contributed by atoms with Crippen molar-refractivity contribution in [3.63, 3.8) is 0 Å². The van der Waals surface area contributed by atoms with E-state index in [4.69, 9.17) is 9.26 Å². The Kier molecular flexibility index (Phi) is 5.48. The molecule has 6 nitrogen and oxygen atoms in total. The quantitative estimate of drug-likeness (QED) is 0.620. The molecular formula is C19H15BrN2O4. The van der Waals surface area contributed by atoms with E-state index in [1.807, 2.05) is 12.1 Å². The number of benzene rings is 2. The van der Waals surface area contributed by atoms with E-state index in [2.05, 4.69) is 26.4 Å². The Morgan fingerprint density at radius 2 is 1.81 bits per heavy atom. The van der Waals surface area contributed by atoms with Crippen molar-refractivity contribution in [2.24, 2.45) is 0 Å². The first-order chi connectivity index (χ1) is 12.6. The van der Waals surface area contributed by atoms with Crippen molar-refractivity contribution < 1.29 is 18.8 Å². The van der Waals surface area contributed by atoms with Gasteiger partial charge < -0.3 is 14.6 Å². The molecule has 0 saturated carbocycles. The normalized spacial score (nSPS) is 10.4. The van der Waals surface area contributed by atoms with Crippen LogP contribution in [0.5, 0.6) is 0 Å². The second-order valence-electron chi connectivity index (χ2n) is 5.34. The molecule has 1 aromatic heterocycles. The Hall–Kier alpha value is -2.93. The summed E-state index contributed by atoms with van der Waals surface area (Å²) in [6, 6.07) is 15.6. The molecule has 1 N–H and O–H groups in total. The molecule has 0 aliphatic rings. The van der Waals surface area contributed by atoms with Crippen LogP contribution in [0.3, 0.4) is 0 Å². The molecule has 2 aromatic carbocycles. The van der Waals surface area contributed by atoms with E-state index in [-0.39, 0.29) is 18.2 Å². The monoisotopic (exact) mass is 414 g/mol. The minimum atomic E-state index is -0.527. The van der Waals surface area contributed by atoms with Gasteiger partial charge >= 0.3 is 5.97 Å². The van der Waals surface area contributed by atoms with Crippen molar-refractivity contribution >= 4 is 33.5 Å². The second kappa shape index (κ2) is 7.97. The highest BCUT2D eigenvalue weighted by Gasteiger charge is 2.14. The average Bonchev–Trinajstić information content (AvgIpc) is 3.13. The van der Waals surface area contributed by atoms with Crippen molar-refractivity contribution in [2.75, 3.05) is 11.9 Å². The summed E-state index contributed by atoms with van der Waals surface area (Å²) < 4.78 is 11.0. The van der Waals surface area contributed by atoms with Crippen LogP contribution in [0.2, 0.25) is 0 Å². The number of rotatable bonds is 5. The maximum atomic E-state index is 12.2. The molecule has 1 amide bonds. The summed E-state index contributed by atoms with van der Waals surface area (Å²) >= 11 is 3.34. The van der Waals surface area contributed by atoms with Crippen LogP contribution in [-0.2, 0) is 4.74 Å². The molecule has 0 saturated heterocycles. The molecule has 3 aromatic rings. The first kappa shape index (κ1) is 17.9. The summed E-state index contributed by atoms with van der Waals surface area (Å²) in [6.45, 7) is 1.99. The van der Waals surface area contributed by atoms with Gasteiger partial charge in [-0.25, -0.2) is 4.79 Å². The highest BCUT2D eigenvalue weighted by molar-refractivity contribution is 9.10. The topological polar surface area (TPSA) is 81.4 Å². The third-order valence-corrected chi connectivity index (χ3v) is 4.06. The molecule has 0 aliphatic carbocycles. The second-order valence-corrected chi connectivity index (χ2v) is 6.25. The fourth-order valence-electron chi connectivity index (χ4n) is 2.23. The lowest BCUT2D eigenvalue weighted by molar-refractivity contribution is 0.0514. The standard InChI is InChI=1S/C19H15BrN2O4/c1-2-25-19(24)16-11-17(26-22-16)12-5-9-15(10-6-12)21-18(23)13-3-7-14(20)8-4-13/h3-11H,2H2,1H3,(H,21,23). The zero-order valence-electron chi connectivity index (χ0n) is 13.9. The van der Waals surface area contributed by atoms with E-state index in [9.17, 15) is 9.59 Å². The van der Waals surface area contributed by atoms with Gasteiger partial charge in [0.2, 0.25) is 0 Å². The van der Waals surface area contributed by atoms with Gasteiger partial charge in [0.1, 0.15) is 0 Å². The number of hydrogen-bond acceptors (Lipinski definition) is 5. The van der Waals surface area contributed by atoms with E-state index >= 15 is 0 Å². The summed E-state index contributed by atoms with van der Waals surface area (Å²) in [7, 11) is 0. The minimum absolute atomic E-state index is 0.120. The smallest absolute Gasteiger partial charge is 0.360 e. The number of carbonyl (C=O) groups is 2. The molecule has 0 atom stereocenters. The summed E-state index contributed by atoms with van der Waals surface area (Å²) in [5, 5.41) is 6.53. The predicted molar refractivity (Wildman–Crippen MR) is 100.0 cm³/mol. The number of amides is 1. The zero-order valence-corrected chi connectivity index (χ0v) is 15.4. The molecule has 0 aliphatic heterocycles. The van der Waals surface area contributed by atoms with Crippen LogP contribution in [-0.4, -0.2) is 23.6 Å². The minimum Gasteiger partial charge on any atom is -0.461 e. The van der Waals surface area contributed by atoms with Crippen LogP contribution in [0.25, 0.3) is 11.3 Å². The van der Waals surface area contributed by atoms with Crippen LogP contribution in [0.15, 0.2) is 63.6 Å². The van der Waals surface area contributed by atoms with Crippen molar-refractivity contribution in [3.8, 4) is 11.3 Å². The fraction of sp³-hybridized carbons (Fsp3) is 0.105. The predicted octanol–water partition coefficient (Wildman–Crippen LogP) is 4.53. The molecule has 0 bridgehead atoms. The van der Waals surface area contributed by atoms with Gasteiger partial charge in [0.05, 0.1) is 6.61 Å². The van der Waals surface area contributed by atoms with Gasteiger partial charge in [-0.05, 0) is 55.5 Å². The Labute approximate surface area is 158 Å². The van der Waals surface area contributed by atoms with Gasteiger partial charge in [-0.1, -0.05) is 21.1 Å². The fourth-order valence-corrected chi connectivity index (χ4v) is 2.50. The highest BCUT2D eigenvalue weighted by atomic mass is 79.9. The number of esters is 1. The zero-order chi connectivity index (χ0) is 18.5. The van der Waals surface area contributed by atoms with Gasteiger partial charge in [0, 0.05) is 27.4 Å². The molecule has 132 valence electrons. The van der Waals surface area contributed by atoms with E-state index in [1.165, 1.54) is 6.07 Å². The number of anilines is 1. The number of nitrogens with one attached hydrogen (secondary N) is 1. The number of hydrogen-bond donors (Lipinski definition) is 1. The van der Waals surface area contributed by atoms with Crippen LogP contribution in [0, 0.1) is 0 Å². The van der Waals surface area contributed by atoms with Crippen LogP contribution < -0.4 is 5.32 Å². The van der Waals surface area contributed by atoms with Crippen molar-refractivity contribution in [3.05, 3.63) is 70.3 Å². The van der Waals surface area contributed by atoms with Crippen molar-refractivity contribution in [1.82, 2.24) is 5.16 Å². The first-order valence-corrected chi connectivity index (χ1v) is 8.67. The van der Waals surface area contributed by atoms with Gasteiger partial charge in [-0.15, -0.1) is 0 Å². The molecule has 0 unspecified atom stereocenters. The van der Waals surface area contributed by atoms with E-state index in [1.54, 1.807) is 43.3 Å². The average molecular weight is 415 g/mol. The molecule has 0 spiro atoms. The van der Waals surface area contributed by atoms with Gasteiger partial charge in [-0.2, -0.15) is 0 Å². The third kappa shape index (κ3) is 4.18. The SMILES string of the molecule is CCOC(=O)c1cc(-c2ccc(NC(=O)c3ccc(Br)cc3)cc2)on1. The van der Waals surface area contributed by atoms with Crippen LogP contribution >= 0.6 is 15.9 Å². The van der Waals surface area contributed by atoms with E-state index < -0.39 is 5.97 Å². The molecule has 3 rings (SSSR count). The first-order valence-electron chi connectivity index (χ1n) is 7.88. The van der Waals surface area contributed by atoms with E-state index in [0.717, 1.165) is 10.0 Å². The number of carbonyl (C=O) groups excluding carboxylic acids is 2. The van der Waals surface area contributed by atoms with Gasteiger partial charge in [0.25, 0.3) is 5.91 Å². The lowest BCUT2D eigenvalue weighted by Crippen LogP contribution is -2.11. The van der Waals surface area contributed by atoms with E-state index in [0.29, 0.717) is 17.0 Å². The maximum Gasteiger partial charge on any atom is 0.360 e. The van der Waals surface area contributed by atoms with Crippen molar-refractivity contribution in [2.45, 2.75) is 6.92 Å². The molecule has 0 radical (unpaired) electrons. The van der Waals surface area contributed by atoms with Gasteiger partial charge in [0.15, 0.2) is 11.5 Å². The molecular weight excluding hydrogens is 400 g/mol. The lowest BCUT2D eigenvalue weighted by Gasteiger charge is -2.06. The van der Waals surface area contributed by atoms with Crippen LogP contribution in [0.1, 0.15) is 27.8 Å². The third-order valence-electron chi connectivity index (χ3n) is 3.53. The molecule has 0 fully saturated rings.